The van der Waals surface area contributed by atoms with Gasteiger partial charge in [-0.05, 0) is 43.2 Å². The molecule has 8 nitrogen and oxygen atoms in total. The van der Waals surface area contributed by atoms with Gasteiger partial charge >= 0.3 is 5.97 Å². The fourth-order valence-corrected chi connectivity index (χ4v) is 2.84. The number of ether oxygens (including phenoxy) is 1. The van der Waals surface area contributed by atoms with E-state index >= 15 is 0 Å². The number of hydrogen-bond acceptors (Lipinski definition) is 5. The van der Waals surface area contributed by atoms with Crippen molar-refractivity contribution in [1.29, 1.82) is 0 Å². The molecule has 0 fully saturated rings. The summed E-state index contributed by atoms with van der Waals surface area (Å²) in [6, 6.07) is 13.6. The predicted molar refractivity (Wildman–Crippen MR) is 109 cm³/mol. The van der Waals surface area contributed by atoms with Gasteiger partial charge in [0.2, 0.25) is 0 Å². The molecule has 1 aromatic heterocycles. The Kier molecular flexibility index (Phi) is 5.92. The van der Waals surface area contributed by atoms with Crippen molar-refractivity contribution in [2.24, 2.45) is 0 Å². The molecule has 3 aromatic rings. The van der Waals surface area contributed by atoms with Crippen molar-refractivity contribution < 1.29 is 14.3 Å². The first-order valence-electron chi connectivity index (χ1n) is 9.20. The number of carbonyl (C=O) groups excluding carboxylic acids is 2. The van der Waals surface area contributed by atoms with E-state index in [1.54, 1.807) is 24.3 Å². The van der Waals surface area contributed by atoms with Crippen LogP contribution >= 0.6 is 0 Å². The van der Waals surface area contributed by atoms with E-state index in [4.69, 9.17) is 4.74 Å². The van der Waals surface area contributed by atoms with E-state index in [0.29, 0.717) is 5.69 Å². The molecule has 8 heteroatoms. The van der Waals surface area contributed by atoms with Gasteiger partial charge in [0.15, 0.2) is 6.10 Å². The van der Waals surface area contributed by atoms with Crippen LogP contribution < -0.4 is 16.4 Å². The lowest BCUT2D eigenvalue weighted by Gasteiger charge is -2.14. The summed E-state index contributed by atoms with van der Waals surface area (Å²) < 4.78 is 5.98. The van der Waals surface area contributed by atoms with Crippen LogP contribution in [0.1, 0.15) is 19.4 Å². The van der Waals surface area contributed by atoms with Crippen molar-refractivity contribution >= 4 is 28.3 Å². The number of fused-ring (bicyclic) bond motifs is 1. The minimum absolute atomic E-state index is 0.199. The van der Waals surface area contributed by atoms with Crippen LogP contribution in [0.15, 0.2) is 58.1 Å². The molecular formula is C21H21N3O5. The number of H-pyrrole nitrogens is 1. The standard InChI is InChI=1S/C21H21N3O5/c1-3-14-8-10-15(11-9-14)22-19(26)13(2)29-18(25)12-24-21(28)17-7-5-4-6-16(17)20(27)23-24/h4-11,13H,3,12H2,1-2H3,(H,22,26)(H,23,27)/t13-/m0/s1. The molecule has 1 heterocycles. The fraction of sp³-hybridized carbons (Fsp3) is 0.238. The van der Waals surface area contributed by atoms with Crippen molar-refractivity contribution in [2.75, 3.05) is 5.32 Å². The van der Waals surface area contributed by atoms with E-state index in [9.17, 15) is 19.2 Å². The lowest BCUT2D eigenvalue weighted by atomic mass is 10.1. The third-order valence-corrected chi connectivity index (χ3v) is 4.48. The van der Waals surface area contributed by atoms with Gasteiger partial charge < -0.3 is 10.1 Å². The molecule has 1 amide bonds. The van der Waals surface area contributed by atoms with E-state index in [1.807, 2.05) is 19.1 Å². The monoisotopic (exact) mass is 395 g/mol. The Hall–Kier alpha value is -3.68. The molecular weight excluding hydrogens is 374 g/mol. The van der Waals surface area contributed by atoms with Crippen LogP contribution in [0.5, 0.6) is 0 Å². The number of aromatic nitrogens is 2. The zero-order valence-corrected chi connectivity index (χ0v) is 16.1. The van der Waals surface area contributed by atoms with Crippen molar-refractivity contribution in [3.05, 3.63) is 74.8 Å². The van der Waals surface area contributed by atoms with Crippen molar-refractivity contribution in [2.45, 2.75) is 32.9 Å². The van der Waals surface area contributed by atoms with Gasteiger partial charge in [0, 0.05) is 5.69 Å². The first-order chi connectivity index (χ1) is 13.9. The first-order valence-corrected chi connectivity index (χ1v) is 9.20. The average molecular weight is 395 g/mol. The summed E-state index contributed by atoms with van der Waals surface area (Å²) in [4.78, 5) is 48.9. The lowest BCUT2D eigenvalue weighted by molar-refractivity contribution is -0.154. The molecule has 2 aromatic carbocycles. The van der Waals surface area contributed by atoms with Gasteiger partial charge in [-0.15, -0.1) is 0 Å². The van der Waals surface area contributed by atoms with Crippen LogP contribution in [0.2, 0.25) is 0 Å². The molecule has 0 radical (unpaired) electrons. The predicted octanol–water partition coefficient (Wildman–Crippen LogP) is 1.82. The van der Waals surface area contributed by atoms with Crippen LogP contribution in [-0.4, -0.2) is 27.8 Å². The summed E-state index contributed by atoms with van der Waals surface area (Å²) in [5.41, 5.74) is 0.710. The molecule has 1 atom stereocenters. The molecule has 2 N–H and O–H groups in total. The number of carbonyl (C=O) groups is 2. The zero-order chi connectivity index (χ0) is 21.0. The number of nitrogens with one attached hydrogen (secondary N) is 2. The number of nitrogens with zero attached hydrogens (tertiary/aromatic N) is 1. The lowest BCUT2D eigenvalue weighted by Crippen LogP contribution is -2.35. The maximum absolute atomic E-state index is 12.4. The maximum atomic E-state index is 12.4. The summed E-state index contributed by atoms with van der Waals surface area (Å²) in [5.74, 6) is -1.32. The Labute approximate surface area is 166 Å². The average Bonchev–Trinajstić information content (AvgIpc) is 2.72. The van der Waals surface area contributed by atoms with E-state index < -0.39 is 35.6 Å². The van der Waals surface area contributed by atoms with Crippen LogP contribution in [0.3, 0.4) is 0 Å². The Balaban J connectivity index is 1.66. The van der Waals surface area contributed by atoms with Gasteiger partial charge in [-0.3, -0.25) is 24.3 Å². The van der Waals surface area contributed by atoms with Crippen LogP contribution in [0, 0.1) is 0 Å². The SMILES string of the molecule is CCc1ccc(NC(=O)[C@H](C)OC(=O)Cn2[nH]c(=O)c3ccccc3c2=O)cc1. The summed E-state index contributed by atoms with van der Waals surface area (Å²) in [6.07, 6.45) is -0.186. The third-order valence-electron chi connectivity index (χ3n) is 4.48. The van der Waals surface area contributed by atoms with Crippen molar-refractivity contribution in [3.8, 4) is 0 Å². The van der Waals surface area contributed by atoms with Gasteiger partial charge in [-0.2, -0.15) is 0 Å². The van der Waals surface area contributed by atoms with Gasteiger partial charge in [0.05, 0.1) is 10.8 Å². The minimum atomic E-state index is -1.07. The largest absolute Gasteiger partial charge is 0.451 e. The number of aryl methyl sites for hydroxylation is 1. The normalized spacial score (nSPS) is 11.8. The summed E-state index contributed by atoms with van der Waals surface area (Å²) >= 11 is 0. The second-order valence-corrected chi connectivity index (χ2v) is 6.55. The summed E-state index contributed by atoms with van der Waals surface area (Å²) in [6.45, 7) is 2.95. The number of anilines is 1. The topological polar surface area (TPSA) is 110 Å². The molecule has 0 aliphatic carbocycles. The molecule has 0 aliphatic rings. The molecule has 29 heavy (non-hydrogen) atoms. The molecule has 0 bridgehead atoms. The molecule has 0 saturated heterocycles. The minimum Gasteiger partial charge on any atom is -0.451 e. The van der Waals surface area contributed by atoms with Gasteiger partial charge in [-0.25, -0.2) is 4.68 Å². The van der Waals surface area contributed by atoms with Crippen LogP contribution in [-0.2, 0) is 27.3 Å². The highest BCUT2D eigenvalue weighted by molar-refractivity contribution is 5.95. The quantitative estimate of drug-likeness (QED) is 0.619. The molecule has 3 rings (SSSR count). The molecule has 0 saturated carbocycles. The highest BCUT2D eigenvalue weighted by Gasteiger charge is 2.19. The first kappa shape index (κ1) is 20.1. The maximum Gasteiger partial charge on any atom is 0.328 e. The van der Waals surface area contributed by atoms with Crippen LogP contribution in [0.4, 0.5) is 5.69 Å². The molecule has 0 aliphatic heterocycles. The Morgan fingerprint density at radius 3 is 2.38 bits per heavy atom. The van der Waals surface area contributed by atoms with Gasteiger partial charge in [0.1, 0.15) is 6.54 Å². The highest BCUT2D eigenvalue weighted by atomic mass is 16.5. The highest BCUT2D eigenvalue weighted by Crippen LogP contribution is 2.11. The third kappa shape index (κ3) is 4.60. The number of amides is 1. The van der Waals surface area contributed by atoms with Gasteiger partial charge in [0.25, 0.3) is 17.0 Å². The Morgan fingerprint density at radius 1 is 1.07 bits per heavy atom. The summed E-state index contributed by atoms with van der Waals surface area (Å²) in [5, 5.41) is 5.45. The number of rotatable bonds is 6. The zero-order valence-electron chi connectivity index (χ0n) is 16.1. The van der Waals surface area contributed by atoms with E-state index in [1.165, 1.54) is 19.1 Å². The molecule has 0 unspecified atom stereocenters. The van der Waals surface area contributed by atoms with E-state index in [2.05, 4.69) is 10.4 Å². The van der Waals surface area contributed by atoms with Crippen molar-refractivity contribution in [1.82, 2.24) is 9.78 Å². The van der Waals surface area contributed by atoms with E-state index in [-0.39, 0.29) is 10.8 Å². The molecule has 150 valence electrons. The Morgan fingerprint density at radius 2 is 1.72 bits per heavy atom. The van der Waals surface area contributed by atoms with Crippen molar-refractivity contribution in [3.63, 3.8) is 0 Å². The Bertz CT molecular complexity index is 1160. The molecule has 0 spiro atoms. The number of aromatic amines is 1. The van der Waals surface area contributed by atoms with Crippen LogP contribution in [0.25, 0.3) is 10.8 Å². The second-order valence-electron chi connectivity index (χ2n) is 6.55. The number of esters is 1. The fourth-order valence-electron chi connectivity index (χ4n) is 2.84. The smallest absolute Gasteiger partial charge is 0.328 e. The van der Waals surface area contributed by atoms with Gasteiger partial charge in [-0.1, -0.05) is 31.2 Å². The number of benzene rings is 2. The second kappa shape index (κ2) is 8.55. The van der Waals surface area contributed by atoms with E-state index in [0.717, 1.165) is 16.7 Å². The summed E-state index contributed by atoms with van der Waals surface area (Å²) in [7, 11) is 0. The number of hydrogen-bond donors (Lipinski definition) is 2.